The van der Waals surface area contributed by atoms with Gasteiger partial charge in [-0.3, -0.25) is 4.79 Å². The predicted molar refractivity (Wildman–Crippen MR) is 72.6 cm³/mol. The van der Waals surface area contributed by atoms with Gasteiger partial charge in [0.2, 0.25) is 5.91 Å². The Hall–Kier alpha value is -1.51. The number of para-hydroxylation sites is 1. The zero-order valence-electron chi connectivity index (χ0n) is 10.6. The molecule has 1 aliphatic carbocycles. The third-order valence-corrected chi connectivity index (χ3v) is 4.04. The molecule has 1 aromatic rings. The van der Waals surface area contributed by atoms with E-state index < -0.39 is 0 Å². The van der Waals surface area contributed by atoms with Gasteiger partial charge in [0.15, 0.2) is 0 Å². The Labute approximate surface area is 108 Å². The summed E-state index contributed by atoms with van der Waals surface area (Å²) in [5, 5.41) is 6.51. The van der Waals surface area contributed by atoms with Gasteiger partial charge in [0.05, 0.1) is 0 Å². The molecule has 1 heterocycles. The number of rotatable bonds is 2. The summed E-state index contributed by atoms with van der Waals surface area (Å²) < 4.78 is 0. The van der Waals surface area contributed by atoms with Gasteiger partial charge >= 0.3 is 0 Å². The number of carbonyl (C=O) groups is 1. The summed E-state index contributed by atoms with van der Waals surface area (Å²) in [5.74, 6) is 0.165. The van der Waals surface area contributed by atoms with Crippen molar-refractivity contribution in [1.82, 2.24) is 5.32 Å². The van der Waals surface area contributed by atoms with Gasteiger partial charge in [0.25, 0.3) is 0 Å². The number of amides is 1. The maximum Gasteiger partial charge on any atom is 0.243 e. The predicted octanol–water partition coefficient (Wildman–Crippen LogP) is 2.47. The van der Waals surface area contributed by atoms with Crippen LogP contribution < -0.4 is 10.6 Å². The second-order valence-corrected chi connectivity index (χ2v) is 5.40. The Morgan fingerprint density at radius 2 is 1.94 bits per heavy atom. The van der Waals surface area contributed by atoms with E-state index in [2.05, 4.69) is 16.7 Å². The molecule has 1 atom stereocenters. The molecule has 0 aromatic heterocycles. The van der Waals surface area contributed by atoms with Crippen molar-refractivity contribution in [2.45, 2.75) is 50.6 Å². The molecule has 0 saturated heterocycles. The Balaban J connectivity index is 1.58. The van der Waals surface area contributed by atoms with Gasteiger partial charge in [0.1, 0.15) is 6.04 Å². The standard InChI is InChI=1S/C15H20N2O/c18-15(16-12-7-2-1-3-8-12)14-10-11-6-4-5-9-13(11)17-14/h4-6,9,12,14,17H,1-3,7-8,10H2,(H,16,18)/t14-/m0/s1. The van der Waals surface area contributed by atoms with Gasteiger partial charge in [-0.25, -0.2) is 0 Å². The summed E-state index contributed by atoms with van der Waals surface area (Å²) >= 11 is 0. The van der Waals surface area contributed by atoms with Gasteiger partial charge in [-0.05, 0) is 24.5 Å². The highest BCUT2D eigenvalue weighted by Gasteiger charge is 2.27. The van der Waals surface area contributed by atoms with E-state index in [1.165, 1.54) is 24.8 Å². The molecule has 0 spiro atoms. The second-order valence-electron chi connectivity index (χ2n) is 5.40. The smallest absolute Gasteiger partial charge is 0.243 e. The van der Waals surface area contributed by atoms with E-state index in [4.69, 9.17) is 0 Å². The highest BCUT2D eigenvalue weighted by Crippen LogP contribution is 2.25. The fraction of sp³-hybridized carbons (Fsp3) is 0.533. The van der Waals surface area contributed by atoms with E-state index in [0.29, 0.717) is 6.04 Å². The molecule has 3 rings (SSSR count). The lowest BCUT2D eigenvalue weighted by molar-refractivity contribution is -0.122. The first-order valence-electron chi connectivity index (χ1n) is 6.98. The van der Waals surface area contributed by atoms with Crippen LogP contribution in [0.1, 0.15) is 37.7 Å². The minimum absolute atomic E-state index is 0.0793. The van der Waals surface area contributed by atoms with Crippen LogP contribution in [0.4, 0.5) is 5.69 Å². The van der Waals surface area contributed by atoms with Crippen molar-refractivity contribution in [2.24, 2.45) is 0 Å². The van der Waals surface area contributed by atoms with Crippen molar-refractivity contribution in [3.05, 3.63) is 29.8 Å². The van der Waals surface area contributed by atoms with Crippen LogP contribution in [0.3, 0.4) is 0 Å². The Kier molecular flexibility index (Phi) is 3.22. The van der Waals surface area contributed by atoms with E-state index in [0.717, 1.165) is 24.9 Å². The largest absolute Gasteiger partial charge is 0.373 e. The molecule has 0 bridgehead atoms. The molecule has 3 heteroatoms. The van der Waals surface area contributed by atoms with Crippen LogP contribution in [0, 0.1) is 0 Å². The molecular weight excluding hydrogens is 224 g/mol. The topological polar surface area (TPSA) is 41.1 Å². The Morgan fingerprint density at radius 3 is 2.72 bits per heavy atom. The van der Waals surface area contributed by atoms with Gasteiger partial charge in [-0.15, -0.1) is 0 Å². The van der Waals surface area contributed by atoms with E-state index in [1.807, 2.05) is 18.2 Å². The second kappa shape index (κ2) is 5.01. The van der Waals surface area contributed by atoms with Gasteiger partial charge < -0.3 is 10.6 Å². The molecular formula is C15H20N2O. The van der Waals surface area contributed by atoms with Crippen molar-refractivity contribution in [3.63, 3.8) is 0 Å². The average Bonchev–Trinajstić information content (AvgIpc) is 2.84. The quantitative estimate of drug-likeness (QED) is 0.839. The first-order valence-corrected chi connectivity index (χ1v) is 6.98. The van der Waals surface area contributed by atoms with Crippen LogP contribution in [0.15, 0.2) is 24.3 Å². The van der Waals surface area contributed by atoms with E-state index in [-0.39, 0.29) is 11.9 Å². The maximum atomic E-state index is 12.2. The van der Waals surface area contributed by atoms with E-state index in [9.17, 15) is 4.79 Å². The van der Waals surface area contributed by atoms with Crippen molar-refractivity contribution in [1.29, 1.82) is 0 Å². The number of hydrogen-bond acceptors (Lipinski definition) is 2. The minimum Gasteiger partial charge on any atom is -0.373 e. The molecule has 2 N–H and O–H groups in total. The minimum atomic E-state index is -0.0793. The number of anilines is 1. The van der Waals surface area contributed by atoms with Crippen LogP contribution >= 0.6 is 0 Å². The third-order valence-electron chi connectivity index (χ3n) is 4.04. The van der Waals surface area contributed by atoms with Crippen molar-refractivity contribution >= 4 is 11.6 Å². The van der Waals surface area contributed by atoms with Crippen LogP contribution in [0.25, 0.3) is 0 Å². The molecule has 1 fully saturated rings. The van der Waals surface area contributed by atoms with Crippen molar-refractivity contribution in [3.8, 4) is 0 Å². The maximum absolute atomic E-state index is 12.2. The molecule has 96 valence electrons. The molecule has 1 aromatic carbocycles. The summed E-state index contributed by atoms with van der Waals surface area (Å²) in [7, 11) is 0. The number of benzene rings is 1. The fourth-order valence-electron chi connectivity index (χ4n) is 3.00. The lowest BCUT2D eigenvalue weighted by atomic mass is 9.95. The SMILES string of the molecule is O=C(NC1CCCCC1)[C@@H]1Cc2ccccc2N1. The normalized spacial score (nSPS) is 23.2. The van der Waals surface area contributed by atoms with Crippen LogP contribution in [-0.2, 0) is 11.2 Å². The number of carbonyl (C=O) groups excluding carboxylic acids is 1. The summed E-state index contributed by atoms with van der Waals surface area (Å²) in [4.78, 5) is 12.2. The number of nitrogens with one attached hydrogen (secondary N) is 2. The van der Waals surface area contributed by atoms with Crippen molar-refractivity contribution < 1.29 is 4.79 Å². The monoisotopic (exact) mass is 244 g/mol. The first-order chi connectivity index (χ1) is 8.83. The zero-order chi connectivity index (χ0) is 12.4. The van der Waals surface area contributed by atoms with Crippen molar-refractivity contribution in [2.75, 3.05) is 5.32 Å². The molecule has 1 saturated carbocycles. The molecule has 2 aliphatic rings. The first kappa shape index (κ1) is 11.6. The van der Waals surface area contributed by atoms with Gasteiger partial charge in [0, 0.05) is 18.2 Å². The highest BCUT2D eigenvalue weighted by atomic mass is 16.2. The summed E-state index contributed by atoms with van der Waals surface area (Å²) in [5.41, 5.74) is 2.36. The number of fused-ring (bicyclic) bond motifs is 1. The summed E-state index contributed by atoms with van der Waals surface area (Å²) in [6.45, 7) is 0. The van der Waals surface area contributed by atoms with Crippen LogP contribution in [0.2, 0.25) is 0 Å². The highest BCUT2D eigenvalue weighted by molar-refractivity contribution is 5.87. The van der Waals surface area contributed by atoms with E-state index >= 15 is 0 Å². The molecule has 18 heavy (non-hydrogen) atoms. The Morgan fingerprint density at radius 1 is 1.17 bits per heavy atom. The molecule has 3 nitrogen and oxygen atoms in total. The summed E-state index contributed by atoms with van der Waals surface area (Å²) in [6, 6.07) is 8.50. The lowest BCUT2D eigenvalue weighted by Crippen LogP contribution is -2.44. The molecule has 1 amide bonds. The fourth-order valence-corrected chi connectivity index (χ4v) is 3.00. The van der Waals surface area contributed by atoms with E-state index in [1.54, 1.807) is 0 Å². The number of hydrogen-bond donors (Lipinski definition) is 2. The lowest BCUT2D eigenvalue weighted by Gasteiger charge is -2.24. The molecule has 0 unspecified atom stereocenters. The third kappa shape index (κ3) is 2.35. The average molecular weight is 244 g/mol. The zero-order valence-corrected chi connectivity index (χ0v) is 10.6. The van der Waals surface area contributed by atoms with Crippen LogP contribution in [-0.4, -0.2) is 18.0 Å². The van der Waals surface area contributed by atoms with Crippen LogP contribution in [0.5, 0.6) is 0 Å². The van der Waals surface area contributed by atoms with Gasteiger partial charge in [-0.1, -0.05) is 37.5 Å². The summed E-state index contributed by atoms with van der Waals surface area (Å²) in [6.07, 6.45) is 6.93. The Bertz CT molecular complexity index is 413. The molecule has 1 aliphatic heterocycles. The van der Waals surface area contributed by atoms with Gasteiger partial charge in [-0.2, -0.15) is 0 Å². The molecule has 0 radical (unpaired) electrons.